The number of aromatic nitrogens is 2. The largest absolute Gasteiger partial charge is 0.231 e. The lowest BCUT2D eigenvalue weighted by Crippen LogP contribution is -1.87. The van der Waals surface area contributed by atoms with Gasteiger partial charge in [0, 0.05) is 40.5 Å². The monoisotopic (exact) mass is 350 g/mol. The predicted octanol–water partition coefficient (Wildman–Crippen LogP) is 4.06. The van der Waals surface area contributed by atoms with Crippen LogP contribution in [-0.2, 0) is 0 Å². The maximum Gasteiger partial charge on any atom is 0.190 e. The van der Waals surface area contributed by atoms with Crippen molar-refractivity contribution >= 4 is 45.8 Å². The van der Waals surface area contributed by atoms with Crippen molar-refractivity contribution in [3.63, 3.8) is 0 Å². The fourth-order valence-electron chi connectivity index (χ4n) is 1.14. The van der Waals surface area contributed by atoms with E-state index in [9.17, 15) is 0 Å². The van der Waals surface area contributed by atoms with Crippen LogP contribution in [0.5, 0.6) is 0 Å². The van der Waals surface area contributed by atoms with E-state index in [0.717, 1.165) is 15.0 Å². The highest BCUT2D eigenvalue weighted by Gasteiger charge is 2.02. The molecule has 15 heavy (non-hydrogen) atoms. The van der Waals surface area contributed by atoms with Gasteiger partial charge in [-0.1, -0.05) is 29.3 Å². The van der Waals surface area contributed by atoms with Crippen LogP contribution >= 0.6 is 45.8 Å². The van der Waals surface area contributed by atoms with Crippen LogP contribution in [0, 0.1) is 3.83 Å². The molecule has 0 N–H and O–H groups in total. The second-order valence-electron chi connectivity index (χ2n) is 2.87. The Morgan fingerprint density at radius 3 is 2.20 bits per heavy atom. The number of nitrogens with zero attached hydrogens (tertiary/aromatic N) is 2. The molecule has 0 bridgehead atoms. The summed E-state index contributed by atoms with van der Waals surface area (Å²) in [7, 11) is 0. The number of hydrogen-bond donors (Lipinski definition) is 0. The van der Waals surface area contributed by atoms with Gasteiger partial charge >= 0.3 is 0 Å². The molecule has 0 amide bonds. The van der Waals surface area contributed by atoms with Crippen molar-refractivity contribution in [2.45, 2.75) is 0 Å². The van der Waals surface area contributed by atoms with Crippen molar-refractivity contribution in [3.05, 3.63) is 44.5 Å². The minimum atomic E-state index is 0.535. The van der Waals surface area contributed by atoms with Crippen LogP contribution in [0.1, 0.15) is 0 Å². The van der Waals surface area contributed by atoms with Gasteiger partial charge in [0.15, 0.2) is 3.83 Å². The van der Waals surface area contributed by atoms with Crippen LogP contribution in [0.15, 0.2) is 30.6 Å². The number of rotatable bonds is 1. The molecule has 0 aliphatic carbocycles. The van der Waals surface area contributed by atoms with E-state index in [4.69, 9.17) is 23.2 Å². The average Bonchev–Trinajstić information content (AvgIpc) is 2.23. The Hall–Kier alpha value is -0.390. The quantitative estimate of drug-likeness (QED) is 0.572. The Labute approximate surface area is 111 Å². The molecule has 76 valence electrons. The van der Waals surface area contributed by atoms with Gasteiger partial charge in [-0.25, -0.2) is 9.97 Å². The van der Waals surface area contributed by atoms with E-state index in [1.807, 2.05) is 6.07 Å². The van der Waals surface area contributed by atoms with Crippen molar-refractivity contribution in [1.29, 1.82) is 0 Å². The molecule has 0 saturated heterocycles. The Morgan fingerprint density at radius 1 is 0.933 bits per heavy atom. The van der Waals surface area contributed by atoms with Crippen molar-refractivity contribution in [3.8, 4) is 11.1 Å². The summed E-state index contributed by atoms with van der Waals surface area (Å²) in [5.41, 5.74) is 1.88. The first kappa shape index (κ1) is 11.1. The van der Waals surface area contributed by atoms with Crippen LogP contribution in [0.3, 0.4) is 0 Å². The molecule has 1 aromatic heterocycles. The van der Waals surface area contributed by atoms with E-state index < -0.39 is 0 Å². The highest BCUT2D eigenvalue weighted by atomic mass is 127. The Balaban J connectivity index is 2.45. The molecule has 2 nitrogen and oxygen atoms in total. The highest BCUT2D eigenvalue weighted by Crippen LogP contribution is 2.27. The highest BCUT2D eigenvalue weighted by molar-refractivity contribution is 14.1. The maximum atomic E-state index is 5.92. The molecule has 1 aromatic carbocycles. The zero-order chi connectivity index (χ0) is 10.8. The second-order valence-corrected chi connectivity index (χ2v) is 4.65. The van der Waals surface area contributed by atoms with Crippen molar-refractivity contribution in [2.75, 3.05) is 0 Å². The van der Waals surface area contributed by atoms with Crippen LogP contribution in [0.25, 0.3) is 11.1 Å². The summed E-state index contributed by atoms with van der Waals surface area (Å²) in [6.45, 7) is 0. The van der Waals surface area contributed by atoms with Gasteiger partial charge in [0.25, 0.3) is 0 Å². The fraction of sp³-hybridized carbons (Fsp3) is 0. The molecule has 0 aliphatic heterocycles. The lowest BCUT2D eigenvalue weighted by molar-refractivity contribution is 1.11. The van der Waals surface area contributed by atoms with Gasteiger partial charge in [0.05, 0.1) is 10.0 Å². The minimum absolute atomic E-state index is 0.535. The first-order valence-corrected chi connectivity index (χ1v) is 5.93. The average molecular weight is 351 g/mol. The molecule has 0 fully saturated rings. The van der Waals surface area contributed by atoms with E-state index in [1.54, 1.807) is 24.5 Å². The molecule has 5 heteroatoms. The third-order valence-corrected chi connectivity index (χ3v) is 3.17. The van der Waals surface area contributed by atoms with Gasteiger partial charge < -0.3 is 0 Å². The summed E-state index contributed by atoms with van der Waals surface area (Å²) in [6, 6.07) is 5.45. The zero-order valence-electron chi connectivity index (χ0n) is 7.42. The number of hydrogen-bond acceptors (Lipinski definition) is 2. The Morgan fingerprint density at radius 2 is 1.60 bits per heavy atom. The summed E-state index contributed by atoms with van der Waals surface area (Å²) >= 11 is 13.8. The molecule has 0 spiro atoms. The number of benzene rings is 1. The Bertz CT molecular complexity index is 485. The van der Waals surface area contributed by atoms with Crippen LogP contribution in [0.4, 0.5) is 0 Å². The molecule has 1 heterocycles. The number of halogens is 3. The molecule has 0 saturated carbocycles. The van der Waals surface area contributed by atoms with Gasteiger partial charge in [-0.2, -0.15) is 0 Å². The molecular formula is C10H5Cl2IN2. The third-order valence-electron chi connectivity index (χ3n) is 1.87. The first-order chi connectivity index (χ1) is 7.16. The Kier molecular flexibility index (Phi) is 3.43. The molecule has 0 radical (unpaired) electrons. The van der Waals surface area contributed by atoms with Crippen molar-refractivity contribution in [2.24, 2.45) is 0 Å². The van der Waals surface area contributed by atoms with Crippen molar-refractivity contribution in [1.82, 2.24) is 9.97 Å². The maximum absolute atomic E-state index is 5.92. The molecular weight excluding hydrogens is 346 g/mol. The van der Waals surface area contributed by atoms with Crippen LogP contribution < -0.4 is 0 Å². The van der Waals surface area contributed by atoms with E-state index in [2.05, 4.69) is 32.6 Å². The third kappa shape index (κ3) is 2.59. The zero-order valence-corrected chi connectivity index (χ0v) is 11.1. The minimum Gasteiger partial charge on any atom is -0.231 e. The normalized spacial score (nSPS) is 10.3. The van der Waals surface area contributed by atoms with Gasteiger partial charge in [-0.15, -0.1) is 0 Å². The first-order valence-electron chi connectivity index (χ1n) is 4.10. The smallest absolute Gasteiger partial charge is 0.190 e. The molecule has 0 unspecified atom stereocenters. The van der Waals surface area contributed by atoms with Gasteiger partial charge in [-0.05, 0) is 17.7 Å². The molecule has 0 aliphatic rings. The lowest BCUT2D eigenvalue weighted by atomic mass is 10.1. The van der Waals surface area contributed by atoms with Crippen LogP contribution in [-0.4, -0.2) is 9.97 Å². The standard InChI is InChI=1S/C10H5Cl2IN2/c11-8-2-1-6(3-9(8)12)7-4-14-10(13)15-5-7/h1-5H. The summed E-state index contributed by atoms with van der Waals surface area (Å²) in [6.07, 6.45) is 3.52. The predicted molar refractivity (Wildman–Crippen MR) is 70.2 cm³/mol. The summed E-state index contributed by atoms with van der Waals surface area (Å²) in [4.78, 5) is 8.21. The van der Waals surface area contributed by atoms with Gasteiger partial charge in [-0.3, -0.25) is 0 Å². The van der Waals surface area contributed by atoms with E-state index in [1.165, 1.54) is 0 Å². The van der Waals surface area contributed by atoms with Gasteiger partial charge in [0.2, 0.25) is 0 Å². The summed E-state index contributed by atoms with van der Waals surface area (Å²) < 4.78 is 0.719. The van der Waals surface area contributed by atoms with E-state index in [0.29, 0.717) is 10.0 Å². The molecule has 0 atom stereocenters. The van der Waals surface area contributed by atoms with Crippen LogP contribution in [0.2, 0.25) is 10.0 Å². The van der Waals surface area contributed by atoms with E-state index in [-0.39, 0.29) is 0 Å². The summed E-state index contributed by atoms with van der Waals surface area (Å²) in [5, 5.41) is 1.08. The van der Waals surface area contributed by atoms with Gasteiger partial charge in [0.1, 0.15) is 0 Å². The fourth-order valence-corrected chi connectivity index (χ4v) is 1.71. The SMILES string of the molecule is Clc1ccc(-c2cnc(I)nc2)cc1Cl. The molecule has 2 aromatic rings. The topological polar surface area (TPSA) is 25.8 Å². The summed E-state index contributed by atoms with van der Waals surface area (Å²) in [5.74, 6) is 0. The second kappa shape index (κ2) is 4.63. The molecule has 2 rings (SSSR count). The van der Waals surface area contributed by atoms with E-state index >= 15 is 0 Å². The lowest BCUT2D eigenvalue weighted by Gasteiger charge is -2.02. The van der Waals surface area contributed by atoms with Crippen molar-refractivity contribution < 1.29 is 0 Å².